The minimum absolute atomic E-state index is 0.195. The van der Waals surface area contributed by atoms with Crippen LogP contribution < -0.4 is 15.5 Å². The van der Waals surface area contributed by atoms with Gasteiger partial charge in [0.2, 0.25) is 0 Å². The van der Waals surface area contributed by atoms with Crippen molar-refractivity contribution in [1.29, 1.82) is 0 Å². The van der Waals surface area contributed by atoms with E-state index in [0.29, 0.717) is 12.2 Å². The molecule has 0 radical (unpaired) electrons. The van der Waals surface area contributed by atoms with Crippen LogP contribution in [0.15, 0.2) is 35.6 Å². The number of hydrogen-bond donors (Lipinski definition) is 2. The number of halogens is 1. The molecule has 148 valence electrons. The third kappa shape index (κ3) is 6.54. The maximum Gasteiger partial charge on any atom is 0.191 e. The molecular weight excluding hydrogens is 345 g/mol. The Bertz CT molecular complexity index is 714. The van der Waals surface area contributed by atoms with Crippen LogP contribution in [0, 0.1) is 5.82 Å². The Kier molecular flexibility index (Phi) is 8.54. The van der Waals surface area contributed by atoms with E-state index in [2.05, 4.69) is 32.7 Å². The first-order valence-electron chi connectivity index (χ1n) is 9.50. The first-order chi connectivity index (χ1) is 13.2. The lowest BCUT2D eigenvalue weighted by Crippen LogP contribution is -2.39. The molecule has 0 aliphatic heterocycles. The zero-order valence-corrected chi connectivity index (χ0v) is 16.5. The second-order valence-corrected chi connectivity index (χ2v) is 6.21. The number of anilines is 1. The number of aromatic nitrogens is 3. The standard InChI is InChI=1S/C19H30FN7/c1-4-18-25-24-15-27(18)14-12-23-19(21-5-2)22-11-8-13-26(3)17-10-7-6-9-16(17)20/h6-7,9-10,15H,4-5,8,11-14H2,1-3H3,(H2,21,22,23). The van der Waals surface area contributed by atoms with E-state index in [4.69, 9.17) is 0 Å². The van der Waals surface area contributed by atoms with Crippen molar-refractivity contribution in [2.45, 2.75) is 33.2 Å². The summed E-state index contributed by atoms with van der Waals surface area (Å²) in [5, 5.41) is 14.6. The lowest BCUT2D eigenvalue weighted by molar-refractivity contribution is 0.620. The summed E-state index contributed by atoms with van der Waals surface area (Å²) in [6.45, 7) is 7.84. The molecule has 0 spiro atoms. The van der Waals surface area contributed by atoms with Crippen molar-refractivity contribution in [3.8, 4) is 0 Å². The molecule has 1 aromatic heterocycles. The molecule has 1 aromatic carbocycles. The Hall–Kier alpha value is -2.64. The first-order valence-corrected chi connectivity index (χ1v) is 9.50. The molecule has 8 heteroatoms. The SMILES string of the molecule is CCNC(=NCCCN(C)c1ccccc1F)NCCn1cnnc1CC. The van der Waals surface area contributed by atoms with Gasteiger partial charge in [-0.15, -0.1) is 10.2 Å². The number of rotatable bonds is 10. The van der Waals surface area contributed by atoms with Crippen LogP contribution in [0.25, 0.3) is 0 Å². The smallest absolute Gasteiger partial charge is 0.191 e. The lowest BCUT2D eigenvalue weighted by Gasteiger charge is -2.19. The predicted octanol–water partition coefficient (Wildman–Crippen LogP) is 2.06. The van der Waals surface area contributed by atoms with Crippen LogP contribution >= 0.6 is 0 Å². The van der Waals surface area contributed by atoms with Crippen molar-refractivity contribution in [2.75, 3.05) is 38.1 Å². The molecule has 0 unspecified atom stereocenters. The second-order valence-electron chi connectivity index (χ2n) is 6.21. The van der Waals surface area contributed by atoms with Crippen LogP contribution in [-0.4, -0.2) is 54.0 Å². The summed E-state index contributed by atoms with van der Waals surface area (Å²) >= 11 is 0. The van der Waals surface area contributed by atoms with Crippen molar-refractivity contribution >= 4 is 11.6 Å². The van der Waals surface area contributed by atoms with Gasteiger partial charge < -0.3 is 20.1 Å². The highest BCUT2D eigenvalue weighted by Crippen LogP contribution is 2.16. The Morgan fingerprint density at radius 1 is 1.26 bits per heavy atom. The van der Waals surface area contributed by atoms with Gasteiger partial charge in [0.25, 0.3) is 0 Å². The van der Waals surface area contributed by atoms with E-state index in [-0.39, 0.29) is 5.82 Å². The Morgan fingerprint density at radius 3 is 2.81 bits per heavy atom. The number of aliphatic imine (C=N–C) groups is 1. The zero-order chi connectivity index (χ0) is 19.5. The number of aryl methyl sites for hydroxylation is 1. The van der Waals surface area contributed by atoms with Gasteiger partial charge in [0.15, 0.2) is 5.96 Å². The summed E-state index contributed by atoms with van der Waals surface area (Å²) in [5.41, 5.74) is 0.618. The van der Waals surface area contributed by atoms with Crippen LogP contribution in [0.5, 0.6) is 0 Å². The van der Waals surface area contributed by atoms with E-state index >= 15 is 0 Å². The summed E-state index contributed by atoms with van der Waals surface area (Å²) in [7, 11) is 1.90. The van der Waals surface area contributed by atoms with E-state index in [1.807, 2.05) is 29.5 Å². The number of hydrogen-bond acceptors (Lipinski definition) is 4. The maximum absolute atomic E-state index is 13.8. The fourth-order valence-electron chi connectivity index (χ4n) is 2.76. The third-order valence-electron chi connectivity index (χ3n) is 4.19. The fraction of sp³-hybridized carbons (Fsp3) is 0.526. The predicted molar refractivity (Wildman–Crippen MR) is 108 cm³/mol. The van der Waals surface area contributed by atoms with Crippen molar-refractivity contribution in [3.05, 3.63) is 42.2 Å². The molecule has 2 N–H and O–H groups in total. The van der Waals surface area contributed by atoms with Gasteiger partial charge in [-0.05, 0) is 25.5 Å². The molecule has 0 fully saturated rings. The summed E-state index contributed by atoms with van der Waals surface area (Å²) in [6, 6.07) is 6.82. The van der Waals surface area contributed by atoms with Crippen LogP contribution in [0.1, 0.15) is 26.1 Å². The van der Waals surface area contributed by atoms with Gasteiger partial charge in [-0.25, -0.2) is 4.39 Å². The second kappa shape index (κ2) is 11.2. The van der Waals surface area contributed by atoms with Crippen molar-refractivity contribution in [1.82, 2.24) is 25.4 Å². The van der Waals surface area contributed by atoms with Crippen LogP contribution in [-0.2, 0) is 13.0 Å². The molecule has 0 atom stereocenters. The molecule has 2 aromatic rings. The number of nitrogens with zero attached hydrogens (tertiary/aromatic N) is 5. The quantitative estimate of drug-likeness (QED) is 0.378. The van der Waals surface area contributed by atoms with Gasteiger partial charge in [-0.1, -0.05) is 19.1 Å². The minimum Gasteiger partial charge on any atom is -0.372 e. The maximum atomic E-state index is 13.8. The molecule has 0 amide bonds. The number of guanidine groups is 1. The van der Waals surface area contributed by atoms with Crippen molar-refractivity contribution in [2.24, 2.45) is 4.99 Å². The zero-order valence-electron chi connectivity index (χ0n) is 16.5. The average Bonchev–Trinajstić information content (AvgIpc) is 3.12. The fourth-order valence-corrected chi connectivity index (χ4v) is 2.76. The molecule has 0 saturated carbocycles. The molecular formula is C19H30FN7. The molecule has 0 saturated heterocycles. The summed E-state index contributed by atoms with van der Waals surface area (Å²) < 4.78 is 15.8. The van der Waals surface area contributed by atoms with E-state index in [1.165, 1.54) is 6.07 Å². The van der Waals surface area contributed by atoms with Gasteiger partial charge in [0, 0.05) is 46.2 Å². The molecule has 0 bridgehead atoms. The monoisotopic (exact) mass is 375 g/mol. The Balaban J connectivity index is 1.76. The summed E-state index contributed by atoms with van der Waals surface area (Å²) in [5.74, 6) is 1.58. The Morgan fingerprint density at radius 2 is 2.07 bits per heavy atom. The van der Waals surface area contributed by atoms with Crippen LogP contribution in [0.2, 0.25) is 0 Å². The van der Waals surface area contributed by atoms with Crippen LogP contribution in [0.4, 0.5) is 10.1 Å². The number of para-hydroxylation sites is 1. The summed E-state index contributed by atoms with van der Waals surface area (Å²) in [4.78, 5) is 6.52. The van der Waals surface area contributed by atoms with Gasteiger partial charge in [0.1, 0.15) is 18.0 Å². The molecule has 2 rings (SSSR count). The van der Waals surface area contributed by atoms with Crippen LogP contribution in [0.3, 0.4) is 0 Å². The molecule has 7 nitrogen and oxygen atoms in total. The Labute approximate surface area is 160 Å². The number of benzene rings is 1. The highest BCUT2D eigenvalue weighted by atomic mass is 19.1. The third-order valence-corrected chi connectivity index (χ3v) is 4.19. The van der Waals surface area contributed by atoms with Crippen molar-refractivity contribution in [3.63, 3.8) is 0 Å². The topological polar surface area (TPSA) is 70.4 Å². The average molecular weight is 375 g/mol. The number of nitrogens with one attached hydrogen (secondary N) is 2. The van der Waals surface area contributed by atoms with Gasteiger partial charge in [-0.3, -0.25) is 4.99 Å². The van der Waals surface area contributed by atoms with Gasteiger partial charge in [-0.2, -0.15) is 0 Å². The molecule has 1 heterocycles. The van der Waals surface area contributed by atoms with E-state index in [0.717, 1.165) is 50.8 Å². The van der Waals surface area contributed by atoms with Crippen molar-refractivity contribution < 1.29 is 4.39 Å². The molecule has 0 aliphatic carbocycles. The molecule has 0 aliphatic rings. The summed E-state index contributed by atoms with van der Waals surface area (Å²) in [6.07, 6.45) is 3.46. The van der Waals surface area contributed by atoms with E-state index in [9.17, 15) is 4.39 Å². The first kappa shape index (κ1) is 20.7. The van der Waals surface area contributed by atoms with Gasteiger partial charge >= 0.3 is 0 Å². The lowest BCUT2D eigenvalue weighted by atomic mass is 10.2. The minimum atomic E-state index is -0.195. The highest BCUT2D eigenvalue weighted by molar-refractivity contribution is 5.79. The highest BCUT2D eigenvalue weighted by Gasteiger charge is 2.06. The normalized spacial score (nSPS) is 11.5. The van der Waals surface area contributed by atoms with Gasteiger partial charge in [0.05, 0.1) is 5.69 Å². The van der Waals surface area contributed by atoms with E-state index < -0.39 is 0 Å². The van der Waals surface area contributed by atoms with E-state index in [1.54, 1.807) is 18.5 Å². The largest absolute Gasteiger partial charge is 0.372 e. The molecule has 27 heavy (non-hydrogen) atoms.